The molecule has 33 heavy (non-hydrogen) atoms. The standard InChI is InChI=1S/C28H39N3O2/c1-3-4-19-29-20-8-21-31(22-32)27-17-15-26(16-18-27)30(2)28(33)25-13-11-24(12-14-25)23-9-6-5-7-10-23/h11-18,22-23,29H,3-10,19-21H2,1-2H3. The Bertz CT molecular complexity index is 858. The predicted molar refractivity (Wildman–Crippen MR) is 137 cm³/mol. The zero-order valence-corrected chi connectivity index (χ0v) is 20.3. The molecule has 0 aromatic heterocycles. The molecule has 1 aliphatic rings. The summed E-state index contributed by atoms with van der Waals surface area (Å²) in [6.45, 7) is 4.78. The zero-order valence-electron chi connectivity index (χ0n) is 20.3. The summed E-state index contributed by atoms with van der Waals surface area (Å²) in [5, 5.41) is 3.40. The first kappa shape index (κ1) is 25.0. The number of unbranched alkanes of at least 4 members (excludes halogenated alkanes) is 1. The highest BCUT2D eigenvalue weighted by molar-refractivity contribution is 6.05. The van der Waals surface area contributed by atoms with E-state index in [1.807, 2.05) is 36.4 Å². The van der Waals surface area contributed by atoms with Crippen molar-refractivity contribution in [2.24, 2.45) is 0 Å². The van der Waals surface area contributed by atoms with Crippen LogP contribution in [0, 0.1) is 0 Å². The molecule has 2 amide bonds. The Morgan fingerprint density at radius 2 is 1.58 bits per heavy atom. The zero-order chi connectivity index (χ0) is 23.5. The molecule has 0 heterocycles. The third-order valence-corrected chi connectivity index (χ3v) is 6.69. The minimum atomic E-state index is -0.0247. The van der Waals surface area contributed by atoms with Gasteiger partial charge in [-0.1, -0.05) is 44.7 Å². The van der Waals surface area contributed by atoms with E-state index in [1.165, 1.54) is 50.5 Å². The number of hydrogen-bond donors (Lipinski definition) is 1. The van der Waals surface area contributed by atoms with Crippen molar-refractivity contribution >= 4 is 23.7 Å². The van der Waals surface area contributed by atoms with Gasteiger partial charge in [0.25, 0.3) is 5.91 Å². The van der Waals surface area contributed by atoms with Gasteiger partial charge in [0.15, 0.2) is 0 Å². The predicted octanol–water partition coefficient (Wildman–Crippen LogP) is 5.75. The average Bonchev–Trinajstić information content (AvgIpc) is 2.88. The number of hydrogen-bond acceptors (Lipinski definition) is 3. The number of benzene rings is 2. The van der Waals surface area contributed by atoms with Gasteiger partial charge in [0, 0.05) is 30.5 Å². The lowest BCUT2D eigenvalue weighted by Gasteiger charge is -2.23. The summed E-state index contributed by atoms with van der Waals surface area (Å²) in [5.74, 6) is 0.615. The molecule has 1 N–H and O–H groups in total. The molecule has 178 valence electrons. The van der Waals surface area contributed by atoms with Crippen LogP contribution in [0.15, 0.2) is 48.5 Å². The lowest BCUT2D eigenvalue weighted by Crippen LogP contribution is -2.27. The van der Waals surface area contributed by atoms with Crippen molar-refractivity contribution < 1.29 is 9.59 Å². The quantitative estimate of drug-likeness (QED) is 0.331. The van der Waals surface area contributed by atoms with Gasteiger partial charge in [-0.25, -0.2) is 0 Å². The fourth-order valence-electron chi connectivity index (χ4n) is 4.56. The molecule has 0 saturated heterocycles. The first-order chi connectivity index (χ1) is 16.1. The third kappa shape index (κ3) is 7.16. The molecule has 0 atom stereocenters. The molecule has 0 spiro atoms. The molecule has 0 bridgehead atoms. The minimum Gasteiger partial charge on any atom is -0.317 e. The smallest absolute Gasteiger partial charge is 0.258 e. The van der Waals surface area contributed by atoms with Crippen LogP contribution in [0.2, 0.25) is 0 Å². The second kappa shape index (κ2) is 13.1. The SMILES string of the molecule is CCCCNCCCN(C=O)c1ccc(N(C)C(=O)c2ccc(C3CCCCC3)cc2)cc1. The lowest BCUT2D eigenvalue weighted by atomic mass is 9.84. The van der Waals surface area contributed by atoms with E-state index in [4.69, 9.17) is 0 Å². The lowest BCUT2D eigenvalue weighted by molar-refractivity contribution is -0.107. The van der Waals surface area contributed by atoms with Gasteiger partial charge in [-0.15, -0.1) is 0 Å². The Labute approximate surface area is 199 Å². The summed E-state index contributed by atoms with van der Waals surface area (Å²) in [6, 6.07) is 15.8. The van der Waals surface area contributed by atoms with E-state index >= 15 is 0 Å². The fourth-order valence-corrected chi connectivity index (χ4v) is 4.56. The van der Waals surface area contributed by atoms with Crippen molar-refractivity contribution in [1.82, 2.24) is 5.32 Å². The van der Waals surface area contributed by atoms with Crippen molar-refractivity contribution in [3.05, 3.63) is 59.7 Å². The highest BCUT2D eigenvalue weighted by Crippen LogP contribution is 2.32. The highest BCUT2D eigenvalue weighted by Gasteiger charge is 2.18. The van der Waals surface area contributed by atoms with Gasteiger partial charge >= 0.3 is 0 Å². The molecule has 0 aliphatic heterocycles. The molecule has 1 saturated carbocycles. The number of amides is 2. The molecule has 2 aromatic rings. The van der Waals surface area contributed by atoms with E-state index in [-0.39, 0.29) is 5.91 Å². The molecule has 1 aliphatic carbocycles. The summed E-state index contributed by atoms with van der Waals surface area (Å²) in [5.41, 5.74) is 3.71. The van der Waals surface area contributed by atoms with Crippen LogP contribution in [0.3, 0.4) is 0 Å². The van der Waals surface area contributed by atoms with E-state index in [2.05, 4.69) is 24.4 Å². The van der Waals surface area contributed by atoms with E-state index in [0.29, 0.717) is 18.0 Å². The highest BCUT2D eigenvalue weighted by atomic mass is 16.2. The van der Waals surface area contributed by atoms with Crippen LogP contribution in [0.1, 0.15) is 80.1 Å². The molecular weight excluding hydrogens is 410 g/mol. The van der Waals surface area contributed by atoms with Gasteiger partial charge in [-0.3, -0.25) is 9.59 Å². The van der Waals surface area contributed by atoms with Crippen molar-refractivity contribution in [3.63, 3.8) is 0 Å². The van der Waals surface area contributed by atoms with Crippen molar-refractivity contribution in [1.29, 1.82) is 0 Å². The van der Waals surface area contributed by atoms with Crippen LogP contribution in [-0.4, -0.2) is 39.0 Å². The summed E-state index contributed by atoms with van der Waals surface area (Å²) in [6.07, 6.45) is 10.6. The Morgan fingerprint density at radius 3 is 2.21 bits per heavy atom. The minimum absolute atomic E-state index is 0.0247. The van der Waals surface area contributed by atoms with Crippen LogP contribution in [0.5, 0.6) is 0 Å². The molecule has 2 aromatic carbocycles. The van der Waals surface area contributed by atoms with E-state index in [9.17, 15) is 9.59 Å². The Hall–Kier alpha value is -2.66. The topological polar surface area (TPSA) is 52.7 Å². The molecule has 5 nitrogen and oxygen atoms in total. The largest absolute Gasteiger partial charge is 0.317 e. The first-order valence-electron chi connectivity index (χ1n) is 12.5. The number of nitrogens with zero attached hydrogens (tertiary/aromatic N) is 2. The maximum absolute atomic E-state index is 13.0. The molecular formula is C28H39N3O2. The number of carbonyl (C=O) groups is 2. The average molecular weight is 450 g/mol. The van der Waals surface area contributed by atoms with E-state index in [0.717, 1.165) is 37.3 Å². The van der Waals surface area contributed by atoms with Crippen LogP contribution < -0.4 is 15.1 Å². The van der Waals surface area contributed by atoms with Gasteiger partial charge < -0.3 is 15.1 Å². The van der Waals surface area contributed by atoms with E-state index in [1.54, 1.807) is 16.8 Å². The van der Waals surface area contributed by atoms with Crippen LogP contribution >= 0.6 is 0 Å². The molecule has 5 heteroatoms. The molecule has 3 rings (SSSR count). The summed E-state index contributed by atoms with van der Waals surface area (Å²) in [4.78, 5) is 28.0. The summed E-state index contributed by atoms with van der Waals surface area (Å²) in [7, 11) is 1.80. The number of carbonyl (C=O) groups excluding carboxylic acids is 2. The van der Waals surface area contributed by atoms with Crippen LogP contribution in [0.25, 0.3) is 0 Å². The van der Waals surface area contributed by atoms with Crippen molar-refractivity contribution in [2.75, 3.05) is 36.5 Å². The number of nitrogens with one attached hydrogen (secondary N) is 1. The second-order valence-electron chi connectivity index (χ2n) is 9.09. The van der Waals surface area contributed by atoms with Crippen LogP contribution in [-0.2, 0) is 4.79 Å². The first-order valence-corrected chi connectivity index (χ1v) is 12.5. The normalized spacial score (nSPS) is 14.1. The van der Waals surface area contributed by atoms with Crippen LogP contribution in [0.4, 0.5) is 11.4 Å². The van der Waals surface area contributed by atoms with Gasteiger partial charge in [-0.05, 0) is 86.7 Å². The maximum atomic E-state index is 13.0. The molecule has 0 radical (unpaired) electrons. The van der Waals surface area contributed by atoms with Gasteiger partial charge in [0.05, 0.1) is 0 Å². The Morgan fingerprint density at radius 1 is 0.939 bits per heavy atom. The second-order valence-corrected chi connectivity index (χ2v) is 9.09. The van der Waals surface area contributed by atoms with Crippen molar-refractivity contribution in [3.8, 4) is 0 Å². The maximum Gasteiger partial charge on any atom is 0.258 e. The summed E-state index contributed by atoms with van der Waals surface area (Å²) >= 11 is 0. The van der Waals surface area contributed by atoms with Gasteiger partial charge in [0.2, 0.25) is 6.41 Å². The fraction of sp³-hybridized carbons (Fsp3) is 0.500. The summed E-state index contributed by atoms with van der Waals surface area (Å²) < 4.78 is 0. The Kier molecular flexibility index (Phi) is 9.95. The van der Waals surface area contributed by atoms with E-state index < -0.39 is 0 Å². The van der Waals surface area contributed by atoms with Gasteiger partial charge in [0.1, 0.15) is 0 Å². The third-order valence-electron chi connectivity index (χ3n) is 6.69. The van der Waals surface area contributed by atoms with Crippen molar-refractivity contribution in [2.45, 2.75) is 64.2 Å². The van der Waals surface area contributed by atoms with Gasteiger partial charge in [-0.2, -0.15) is 0 Å². The Balaban J connectivity index is 1.55. The molecule has 0 unspecified atom stereocenters. The monoisotopic (exact) mass is 449 g/mol. The number of rotatable bonds is 12. The molecule has 1 fully saturated rings. The number of anilines is 2.